The van der Waals surface area contributed by atoms with Crippen LogP contribution in [0, 0.1) is 0 Å². The number of aliphatic hydroxyl groups excluding tert-OH is 1. The zero-order valence-electron chi connectivity index (χ0n) is 6.97. The van der Waals surface area contributed by atoms with E-state index < -0.39 is 5.97 Å². The first-order valence-electron chi connectivity index (χ1n) is 3.68. The molecule has 0 amide bonds. The van der Waals surface area contributed by atoms with Gasteiger partial charge in [-0.25, -0.2) is 0 Å². The van der Waals surface area contributed by atoms with E-state index in [2.05, 4.69) is 11.7 Å². The third-order valence-corrected chi connectivity index (χ3v) is 1.61. The monoisotopic (exact) mass is 182 g/mol. The quantitative estimate of drug-likeness (QED) is 0.692. The van der Waals surface area contributed by atoms with Crippen molar-refractivity contribution in [1.82, 2.24) is 9.78 Å². The maximum Gasteiger partial charge on any atom is 0.325 e. The summed E-state index contributed by atoms with van der Waals surface area (Å²) < 4.78 is 1.28. The number of carbonyl (C=O) groups is 1. The Hall–Kier alpha value is -1.62. The van der Waals surface area contributed by atoms with Gasteiger partial charge in [0.2, 0.25) is 0 Å². The Morgan fingerprint density at radius 3 is 2.92 bits per heavy atom. The van der Waals surface area contributed by atoms with E-state index in [1.54, 1.807) is 0 Å². The van der Waals surface area contributed by atoms with Crippen molar-refractivity contribution in [3.63, 3.8) is 0 Å². The number of aliphatic carboxylic acids is 1. The summed E-state index contributed by atoms with van der Waals surface area (Å²) in [4.78, 5) is 10.4. The van der Waals surface area contributed by atoms with Gasteiger partial charge >= 0.3 is 5.97 Å². The Kier molecular flexibility index (Phi) is 2.81. The first-order chi connectivity index (χ1) is 6.19. The molecule has 5 heteroatoms. The third kappa shape index (κ3) is 1.94. The van der Waals surface area contributed by atoms with E-state index in [9.17, 15) is 4.79 Å². The van der Waals surface area contributed by atoms with Crippen LogP contribution in [0.2, 0.25) is 0 Å². The number of hydrogen-bond donors (Lipinski definition) is 2. The molecule has 1 aromatic heterocycles. The zero-order chi connectivity index (χ0) is 9.84. The molecule has 1 heterocycles. The number of hydrogen-bond acceptors (Lipinski definition) is 3. The summed E-state index contributed by atoms with van der Waals surface area (Å²) in [6.45, 7) is 3.13. The molecule has 0 aromatic carbocycles. The number of aromatic nitrogens is 2. The summed E-state index contributed by atoms with van der Waals surface area (Å²) in [7, 11) is 0. The Morgan fingerprint density at radius 2 is 2.46 bits per heavy atom. The van der Waals surface area contributed by atoms with Crippen molar-refractivity contribution in [2.75, 3.05) is 0 Å². The second-order valence-electron chi connectivity index (χ2n) is 2.47. The van der Waals surface area contributed by atoms with Gasteiger partial charge in [0.15, 0.2) is 0 Å². The second-order valence-corrected chi connectivity index (χ2v) is 2.47. The average molecular weight is 182 g/mol. The fourth-order valence-electron chi connectivity index (χ4n) is 1.05. The molecule has 5 nitrogen and oxygen atoms in total. The van der Waals surface area contributed by atoms with Gasteiger partial charge in [-0.1, -0.05) is 6.58 Å². The summed E-state index contributed by atoms with van der Waals surface area (Å²) >= 11 is 0. The molecular weight excluding hydrogens is 172 g/mol. The summed E-state index contributed by atoms with van der Waals surface area (Å²) in [6.07, 6.45) is 2.90. The fourth-order valence-corrected chi connectivity index (χ4v) is 1.05. The van der Waals surface area contributed by atoms with Gasteiger partial charge < -0.3 is 10.2 Å². The van der Waals surface area contributed by atoms with Crippen LogP contribution in [0.4, 0.5) is 0 Å². The number of nitrogens with zero attached hydrogens (tertiary/aromatic N) is 2. The van der Waals surface area contributed by atoms with Crippen molar-refractivity contribution >= 4 is 12.0 Å². The Labute approximate surface area is 74.9 Å². The Morgan fingerprint density at radius 1 is 1.77 bits per heavy atom. The summed E-state index contributed by atoms with van der Waals surface area (Å²) in [5.74, 6) is -0.976. The minimum Gasteiger partial charge on any atom is -0.480 e. The molecule has 0 bridgehead atoms. The molecule has 0 fully saturated rings. The van der Waals surface area contributed by atoms with Crippen LogP contribution in [0.3, 0.4) is 0 Å². The maximum atomic E-state index is 10.4. The van der Waals surface area contributed by atoms with Crippen molar-refractivity contribution in [1.29, 1.82) is 0 Å². The highest BCUT2D eigenvalue weighted by molar-refractivity contribution is 5.67. The van der Waals surface area contributed by atoms with E-state index in [1.165, 1.54) is 17.0 Å². The van der Waals surface area contributed by atoms with Crippen LogP contribution in [0.1, 0.15) is 11.3 Å². The Bertz CT molecular complexity index is 330. The first-order valence-corrected chi connectivity index (χ1v) is 3.68. The van der Waals surface area contributed by atoms with Crippen molar-refractivity contribution in [3.05, 3.63) is 24.0 Å². The SMILES string of the molecule is C=Cc1c(CO)cnn1CC(=O)O. The van der Waals surface area contributed by atoms with Gasteiger partial charge in [-0.3, -0.25) is 9.48 Å². The van der Waals surface area contributed by atoms with Gasteiger partial charge in [-0.05, 0) is 6.08 Å². The number of carboxylic acids is 1. The lowest BCUT2D eigenvalue weighted by Crippen LogP contribution is -2.11. The molecule has 0 aliphatic heterocycles. The number of aliphatic hydroxyl groups is 1. The average Bonchev–Trinajstić information content (AvgIpc) is 2.45. The molecule has 70 valence electrons. The van der Waals surface area contributed by atoms with Crippen LogP contribution in [-0.2, 0) is 17.9 Å². The predicted octanol–water partition coefficient (Wildman–Crippen LogP) is 0.103. The summed E-state index contributed by atoms with van der Waals surface area (Å²) in [5, 5.41) is 21.2. The maximum absolute atomic E-state index is 10.4. The molecule has 2 N–H and O–H groups in total. The molecule has 0 atom stereocenters. The normalized spacial score (nSPS) is 9.92. The molecule has 13 heavy (non-hydrogen) atoms. The van der Waals surface area contributed by atoms with Crippen LogP contribution in [0.25, 0.3) is 6.08 Å². The van der Waals surface area contributed by atoms with E-state index in [4.69, 9.17) is 10.2 Å². The highest BCUT2D eigenvalue weighted by Crippen LogP contribution is 2.09. The molecule has 0 aliphatic carbocycles. The molecular formula is C8H10N2O3. The van der Waals surface area contributed by atoms with Gasteiger partial charge in [0.1, 0.15) is 6.54 Å². The smallest absolute Gasteiger partial charge is 0.325 e. The van der Waals surface area contributed by atoms with E-state index in [-0.39, 0.29) is 13.2 Å². The molecule has 0 radical (unpaired) electrons. The zero-order valence-corrected chi connectivity index (χ0v) is 6.97. The van der Waals surface area contributed by atoms with E-state index in [0.29, 0.717) is 11.3 Å². The van der Waals surface area contributed by atoms with Gasteiger partial charge in [-0.2, -0.15) is 5.10 Å². The van der Waals surface area contributed by atoms with Gasteiger partial charge in [-0.15, -0.1) is 0 Å². The van der Waals surface area contributed by atoms with Gasteiger partial charge in [0.05, 0.1) is 18.5 Å². The van der Waals surface area contributed by atoms with Crippen molar-refractivity contribution < 1.29 is 15.0 Å². The van der Waals surface area contributed by atoms with E-state index >= 15 is 0 Å². The predicted molar refractivity (Wildman–Crippen MR) is 45.9 cm³/mol. The Balaban J connectivity index is 3.00. The topological polar surface area (TPSA) is 75.4 Å². The largest absolute Gasteiger partial charge is 0.480 e. The van der Waals surface area contributed by atoms with Gasteiger partial charge in [0.25, 0.3) is 0 Å². The summed E-state index contributed by atoms with van der Waals surface area (Å²) in [5.41, 5.74) is 1.13. The third-order valence-electron chi connectivity index (χ3n) is 1.61. The minimum absolute atomic E-state index is 0.166. The molecule has 1 rings (SSSR count). The first kappa shape index (κ1) is 9.47. The molecule has 1 aromatic rings. The van der Waals surface area contributed by atoms with Crippen LogP contribution in [0.5, 0.6) is 0 Å². The lowest BCUT2D eigenvalue weighted by Gasteiger charge is -2.00. The van der Waals surface area contributed by atoms with Crippen LogP contribution in [0.15, 0.2) is 12.8 Å². The molecule has 0 unspecified atom stereocenters. The number of carboxylic acid groups (broad SMARTS) is 1. The van der Waals surface area contributed by atoms with Crippen LogP contribution >= 0.6 is 0 Å². The van der Waals surface area contributed by atoms with Crippen LogP contribution < -0.4 is 0 Å². The fraction of sp³-hybridized carbons (Fsp3) is 0.250. The second kappa shape index (κ2) is 3.86. The van der Waals surface area contributed by atoms with Crippen LogP contribution in [-0.4, -0.2) is 26.0 Å². The van der Waals surface area contributed by atoms with Crippen molar-refractivity contribution in [2.45, 2.75) is 13.2 Å². The highest BCUT2D eigenvalue weighted by atomic mass is 16.4. The molecule has 0 saturated heterocycles. The molecule has 0 aliphatic rings. The van der Waals surface area contributed by atoms with Crippen molar-refractivity contribution in [3.8, 4) is 0 Å². The lowest BCUT2D eigenvalue weighted by molar-refractivity contribution is -0.137. The minimum atomic E-state index is -0.976. The molecule has 0 spiro atoms. The summed E-state index contributed by atoms with van der Waals surface area (Å²) in [6, 6.07) is 0. The van der Waals surface area contributed by atoms with Gasteiger partial charge in [0, 0.05) is 5.56 Å². The van der Waals surface area contributed by atoms with E-state index in [1.807, 2.05) is 0 Å². The number of rotatable bonds is 4. The van der Waals surface area contributed by atoms with Crippen molar-refractivity contribution in [2.24, 2.45) is 0 Å². The highest BCUT2D eigenvalue weighted by Gasteiger charge is 2.08. The lowest BCUT2D eigenvalue weighted by atomic mass is 10.2. The van der Waals surface area contributed by atoms with E-state index in [0.717, 1.165) is 0 Å². The molecule has 0 saturated carbocycles. The standard InChI is InChI=1S/C8H10N2O3/c1-2-7-6(5-11)3-9-10(7)4-8(12)13/h2-3,11H,1,4-5H2,(H,12,13).